The Morgan fingerprint density at radius 3 is 2.50 bits per heavy atom. The Balaban J connectivity index is 2.73. The van der Waals surface area contributed by atoms with E-state index in [1.807, 2.05) is 6.92 Å². The van der Waals surface area contributed by atoms with E-state index in [1.165, 1.54) is 11.1 Å². The summed E-state index contributed by atoms with van der Waals surface area (Å²) < 4.78 is 11.1. The van der Waals surface area contributed by atoms with Crippen LogP contribution in [0.1, 0.15) is 36.1 Å². The fourth-order valence-electron chi connectivity index (χ4n) is 2.78. The Hall–Kier alpha value is -0.930. The molecule has 1 aliphatic heterocycles. The van der Waals surface area contributed by atoms with E-state index >= 15 is 0 Å². The first-order valence-electron chi connectivity index (χ1n) is 6.31. The fourth-order valence-corrected chi connectivity index (χ4v) is 3.06. The predicted octanol–water partition coefficient (Wildman–Crippen LogP) is 3.26. The number of nitrogens with one attached hydrogen (secondary N) is 1. The van der Waals surface area contributed by atoms with Crippen molar-refractivity contribution in [1.82, 2.24) is 5.32 Å². The van der Waals surface area contributed by atoms with Crippen LogP contribution in [0.2, 0.25) is 5.02 Å². The zero-order chi connectivity index (χ0) is 13.3. The van der Waals surface area contributed by atoms with Gasteiger partial charge in [0.1, 0.15) is 11.5 Å². The van der Waals surface area contributed by atoms with Crippen molar-refractivity contribution >= 4 is 11.6 Å². The third-order valence-corrected chi connectivity index (χ3v) is 4.10. The second-order valence-corrected chi connectivity index (χ2v) is 4.94. The lowest BCUT2D eigenvalue weighted by Crippen LogP contribution is -2.30. The summed E-state index contributed by atoms with van der Waals surface area (Å²) in [6, 6.07) is 0.313. The molecule has 4 heteroatoms. The van der Waals surface area contributed by atoms with Gasteiger partial charge in [-0.05, 0) is 26.3 Å². The number of ether oxygens (including phenoxy) is 2. The van der Waals surface area contributed by atoms with Crippen LogP contribution in [0.15, 0.2) is 0 Å². The average molecular weight is 270 g/mol. The highest BCUT2D eigenvalue weighted by Gasteiger charge is 2.29. The van der Waals surface area contributed by atoms with Crippen LogP contribution < -0.4 is 14.8 Å². The molecule has 100 valence electrons. The van der Waals surface area contributed by atoms with Crippen LogP contribution in [0, 0.1) is 6.92 Å². The second-order valence-electron chi connectivity index (χ2n) is 4.56. The molecular formula is C14H20ClNO2. The van der Waals surface area contributed by atoms with Crippen LogP contribution in [0.5, 0.6) is 11.5 Å². The minimum absolute atomic E-state index is 0.313. The van der Waals surface area contributed by atoms with Crippen molar-refractivity contribution in [2.75, 3.05) is 20.8 Å². The molecule has 3 nitrogen and oxygen atoms in total. The molecule has 2 rings (SSSR count). The van der Waals surface area contributed by atoms with Crippen molar-refractivity contribution in [1.29, 1.82) is 0 Å². The zero-order valence-electron chi connectivity index (χ0n) is 11.4. The lowest BCUT2D eigenvalue weighted by atomic mass is 9.89. The van der Waals surface area contributed by atoms with E-state index in [2.05, 4.69) is 12.2 Å². The number of rotatable bonds is 3. The van der Waals surface area contributed by atoms with Gasteiger partial charge in [-0.2, -0.15) is 0 Å². The Labute approximate surface area is 113 Å². The molecule has 1 heterocycles. The molecule has 1 aromatic carbocycles. The zero-order valence-corrected chi connectivity index (χ0v) is 12.1. The van der Waals surface area contributed by atoms with Crippen LogP contribution in [-0.4, -0.2) is 20.8 Å². The van der Waals surface area contributed by atoms with Crippen LogP contribution in [0.4, 0.5) is 0 Å². The summed E-state index contributed by atoms with van der Waals surface area (Å²) in [6.07, 6.45) is 1.94. The van der Waals surface area contributed by atoms with Gasteiger partial charge in [0.05, 0.1) is 19.2 Å². The van der Waals surface area contributed by atoms with Gasteiger partial charge in [-0.1, -0.05) is 18.5 Å². The molecule has 0 saturated carbocycles. The van der Waals surface area contributed by atoms with Crippen LogP contribution in [-0.2, 0) is 6.42 Å². The van der Waals surface area contributed by atoms with Crippen LogP contribution in [0.25, 0.3) is 0 Å². The Morgan fingerprint density at radius 2 is 1.94 bits per heavy atom. The van der Waals surface area contributed by atoms with Gasteiger partial charge >= 0.3 is 0 Å². The smallest absolute Gasteiger partial charge is 0.141 e. The quantitative estimate of drug-likeness (QED) is 0.914. The topological polar surface area (TPSA) is 30.5 Å². The molecule has 0 aromatic heterocycles. The summed E-state index contributed by atoms with van der Waals surface area (Å²) in [4.78, 5) is 0. The third kappa shape index (κ3) is 1.95. The van der Waals surface area contributed by atoms with E-state index < -0.39 is 0 Å². The molecule has 0 amide bonds. The molecule has 1 aliphatic rings. The number of fused-ring (bicyclic) bond motifs is 1. The standard InChI is InChI=1S/C14H20ClNO2/c1-5-10-11-9(6-7-16-10)14(18-4)12(15)8(2)13(11)17-3/h10,16H,5-7H2,1-4H3. The van der Waals surface area contributed by atoms with E-state index in [-0.39, 0.29) is 0 Å². The normalized spacial score (nSPS) is 18.4. The van der Waals surface area contributed by atoms with Crippen molar-refractivity contribution in [2.24, 2.45) is 0 Å². The maximum atomic E-state index is 6.38. The summed E-state index contributed by atoms with van der Waals surface area (Å²) in [6.45, 7) is 5.10. The van der Waals surface area contributed by atoms with Crippen molar-refractivity contribution in [3.05, 3.63) is 21.7 Å². The Kier molecular flexibility index (Phi) is 4.03. The number of hydrogen-bond donors (Lipinski definition) is 1. The molecule has 1 atom stereocenters. The summed E-state index contributed by atoms with van der Waals surface area (Å²) in [5, 5.41) is 4.19. The summed E-state index contributed by atoms with van der Waals surface area (Å²) in [7, 11) is 3.38. The molecule has 1 unspecified atom stereocenters. The summed E-state index contributed by atoms with van der Waals surface area (Å²) >= 11 is 6.38. The summed E-state index contributed by atoms with van der Waals surface area (Å²) in [5.41, 5.74) is 3.36. The van der Waals surface area contributed by atoms with Crippen molar-refractivity contribution in [3.63, 3.8) is 0 Å². The minimum Gasteiger partial charge on any atom is -0.496 e. The second kappa shape index (κ2) is 5.37. The largest absolute Gasteiger partial charge is 0.496 e. The van der Waals surface area contributed by atoms with E-state index in [4.69, 9.17) is 21.1 Å². The van der Waals surface area contributed by atoms with Gasteiger partial charge in [-0.3, -0.25) is 0 Å². The monoisotopic (exact) mass is 269 g/mol. The molecule has 0 bridgehead atoms. The third-order valence-electron chi connectivity index (χ3n) is 3.64. The van der Waals surface area contributed by atoms with Crippen molar-refractivity contribution in [3.8, 4) is 11.5 Å². The van der Waals surface area contributed by atoms with Gasteiger partial charge in [0, 0.05) is 22.7 Å². The van der Waals surface area contributed by atoms with Gasteiger partial charge in [0.25, 0.3) is 0 Å². The number of hydrogen-bond acceptors (Lipinski definition) is 3. The maximum absolute atomic E-state index is 6.38. The number of halogens is 1. The Bertz CT molecular complexity index is 460. The maximum Gasteiger partial charge on any atom is 0.141 e. The SMILES string of the molecule is CCC1NCCc2c(OC)c(Cl)c(C)c(OC)c21. The van der Waals surface area contributed by atoms with Gasteiger partial charge in [-0.25, -0.2) is 0 Å². The van der Waals surface area contributed by atoms with Gasteiger partial charge in [-0.15, -0.1) is 0 Å². The molecule has 1 aromatic rings. The minimum atomic E-state index is 0.313. The molecular weight excluding hydrogens is 250 g/mol. The highest BCUT2D eigenvalue weighted by molar-refractivity contribution is 6.33. The molecule has 0 fully saturated rings. The molecule has 0 aliphatic carbocycles. The first kappa shape index (κ1) is 13.5. The predicted molar refractivity (Wildman–Crippen MR) is 74.0 cm³/mol. The van der Waals surface area contributed by atoms with E-state index in [0.717, 1.165) is 36.4 Å². The summed E-state index contributed by atoms with van der Waals surface area (Å²) in [5.74, 6) is 1.71. The highest BCUT2D eigenvalue weighted by atomic mass is 35.5. The van der Waals surface area contributed by atoms with Gasteiger partial charge in [0.15, 0.2) is 0 Å². The lowest BCUT2D eigenvalue weighted by Gasteiger charge is -2.30. The Morgan fingerprint density at radius 1 is 1.28 bits per heavy atom. The number of benzene rings is 1. The molecule has 1 N–H and O–H groups in total. The first-order chi connectivity index (χ1) is 8.65. The van der Waals surface area contributed by atoms with E-state index in [0.29, 0.717) is 11.1 Å². The van der Waals surface area contributed by atoms with Crippen molar-refractivity contribution in [2.45, 2.75) is 32.7 Å². The van der Waals surface area contributed by atoms with E-state index in [9.17, 15) is 0 Å². The average Bonchev–Trinajstić information content (AvgIpc) is 2.40. The molecule has 0 saturated heterocycles. The molecule has 18 heavy (non-hydrogen) atoms. The van der Waals surface area contributed by atoms with E-state index in [1.54, 1.807) is 14.2 Å². The molecule has 0 spiro atoms. The van der Waals surface area contributed by atoms with Crippen LogP contribution >= 0.6 is 11.6 Å². The first-order valence-corrected chi connectivity index (χ1v) is 6.69. The highest BCUT2D eigenvalue weighted by Crippen LogP contribution is 2.46. The number of methoxy groups -OCH3 is 2. The van der Waals surface area contributed by atoms with Crippen molar-refractivity contribution < 1.29 is 9.47 Å². The van der Waals surface area contributed by atoms with Gasteiger partial charge < -0.3 is 14.8 Å². The molecule has 0 radical (unpaired) electrons. The van der Waals surface area contributed by atoms with Gasteiger partial charge in [0.2, 0.25) is 0 Å². The fraction of sp³-hybridized carbons (Fsp3) is 0.571. The van der Waals surface area contributed by atoms with Crippen LogP contribution in [0.3, 0.4) is 0 Å². The lowest BCUT2D eigenvalue weighted by molar-refractivity contribution is 0.371.